The van der Waals surface area contributed by atoms with Gasteiger partial charge in [0.1, 0.15) is 13.2 Å². The van der Waals surface area contributed by atoms with E-state index in [1.165, 1.54) is 5.56 Å². The molecule has 2 aliphatic rings. The van der Waals surface area contributed by atoms with Crippen molar-refractivity contribution in [3.8, 4) is 11.5 Å². The van der Waals surface area contributed by atoms with Gasteiger partial charge in [0, 0.05) is 25.5 Å². The van der Waals surface area contributed by atoms with Crippen LogP contribution in [0.15, 0.2) is 61.2 Å². The number of imidazole rings is 1. The van der Waals surface area contributed by atoms with Crippen molar-refractivity contribution in [2.75, 3.05) is 13.2 Å². The fraction of sp³-hybridized carbons (Fsp3) is 0.360. The second-order valence-electron chi connectivity index (χ2n) is 8.38. The van der Waals surface area contributed by atoms with Crippen LogP contribution >= 0.6 is 0 Å². The molecule has 1 aromatic heterocycles. The van der Waals surface area contributed by atoms with Crippen LogP contribution in [0.1, 0.15) is 42.4 Å². The fourth-order valence-electron chi connectivity index (χ4n) is 4.67. The Morgan fingerprint density at radius 2 is 1.74 bits per heavy atom. The lowest BCUT2D eigenvalue weighted by Gasteiger charge is -2.30. The third-order valence-electron chi connectivity index (χ3n) is 6.39. The smallest absolute Gasteiger partial charge is 0.230 e. The zero-order valence-electron chi connectivity index (χ0n) is 17.5. The van der Waals surface area contributed by atoms with Gasteiger partial charge < -0.3 is 19.4 Å². The third-order valence-corrected chi connectivity index (χ3v) is 6.39. The highest BCUT2D eigenvalue weighted by molar-refractivity contribution is 5.88. The zero-order chi connectivity index (χ0) is 21.1. The number of rotatable bonds is 6. The summed E-state index contributed by atoms with van der Waals surface area (Å²) < 4.78 is 13.5. The molecule has 1 aliphatic carbocycles. The number of hydrogen-bond donors (Lipinski definition) is 1. The molecule has 2 heterocycles. The predicted octanol–water partition coefficient (Wildman–Crippen LogP) is 3.83. The number of benzene rings is 2. The summed E-state index contributed by atoms with van der Waals surface area (Å²) in [5.41, 5.74) is 2.84. The summed E-state index contributed by atoms with van der Waals surface area (Å²) in [5, 5.41) is 3.20. The van der Waals surface area contributed by atoms with E-state index in [2.05, 4.69) is 34.6 Å². The normalized spacial score (nSPS) is 16.8. The van der Waals surface area contributed by atoms with Gasteiger partial charge in [0.2, 0.25) is 5.91 Å². The molecule has 5 rings (SSSR count). The summed E-state index contributed by atoms with van der Waals surface area (Å²) in [7, 11) is 0. The van der Waals surface area contributed by atoms with Gasteiger partial charge >= 0.3 is 0 Å². The molecule has 1 N–H and O–H groups in total. The molecule has 3 aromatic rings. The number of amides is 1. The second kappa shape index (κ2) is 8.46. The molecule has 31 heavy (non-hydrogen) atoms. The van der Waals surface area contributed by atoms with E-state index in [-0.39, 0.29) is 5.91 Å². The van der Waals surface area contributed by atoms with Gasteiger partial charge in [-0.1, -0.05) is 43.2 Å². The monoisotopic (exact) mass is 417 g/mol. The summed E-state index contributed by atoms with van der Waals surface area (Å²) in [4.78, 5) is 17.5. The van der Waals surface area contributed by atoms with E-state index < -0.39 is 5.41 Å². The van der Waals surface area contributed by atoms with Crippen LogP contribution in [0.25, 0.3) is 0 Å². The zero-order valence-corrected chi connectivity index (χ0v) is 17.5. The molecule has 0 atom stereocenters. The summed E-state index contributed by atoms with van der Waals surface area (Å²) in [6.45, 7) is 2.43. The number of carbonyl (C=O) groups is 1. The maximum Gasteiger partial charge on any atom is 0.230 e. The van der Waals surface area contributed by atoms with Crippen LogP contribution in [0.4, 0.5) is 0 Å². The van der Waals surface area contributed by atoms with Crippen molar-refractivity contribution in [1.82, 2.24) is 14.9 Å². The molecule has 0 radical (unpaired) electrons. The van der Waals surface area contributed by atoms with Crippen LogP contribution in [0, 0.1) is 0 Å². The first kappa shape index (κ1) is 19.7. The molecular formula is C25H27N3O3. The number of aromatic nitrogens is 2. The van der Waals surface area contributed by atoms with Crippen LogP contribution in [-0.2, 0) is 23.3 Å². The van der Waals surface area contributed by atoms with Crippen LogP contribution in [0.2, 0.25) is 0 Å². The van der Waals surface area contributed by atoms with Gasteiger partial charge in [-0.05, 0) is 41.7 Å². The maximum absolute atomic E-state index is 13.4. The van der Waals surface area contributed by atoms with Gasteiger partial charge in [0.25, 0.3) is 0 Å². The molecule has 0 spiro atoms. The molecule has 160 valence electrons. The second-order valence-corrected chi connectivity index (χ2v) is 8.38. The number of ether oxygens (including phenoxy) is 2. The Hall–Kier alpha value is -3.28. The molecule has 0 bridgehead atoms. The Bertz CT molecular complexity index is 1040. The minimum absolute atomic E-state index is 0.101. The molecule has 1 fully saturated rings. The van der Waals surface area contributed by atoms with Gasteiger partial charge in [-0.25, -0.2) is 4.98 Å². The van der Waals surface area contributed by atoms with Crippen molar-refractivity contribution in [2.45, 2.75) is 44.2 Å². The quantitative estimate of drug-likeness (QED) is 0.662. The average Bonchev–Trinajstić information content (AvgIpc) is 3.51. The number of carbonyl (C=O) groups excluding carboxylic acids is 1. The Labute approximate surface area is 182 Å². The molecule has 0 unspecified atom stereocenters. The molecule has 1 aliphatic heterocycles. The SMILES string of the molecule is O=C(NCc1ccc(Cn2ccnc2)cc1)C1(c2ccc3c(c2)OCCO3)CCCC1. The first-order valence-corrected chi connectivity index (χ1v) is 10.9. The minimum atomic E-state index is -0.489. The number of hydrogen-bond acceptors (Lipinski definition) is 4. The summed E-state index contributed by atoms with van der Waals surface area (Å²) in [5.74, 6) is 1.61. The highest BCUT2D eigenvalue weighted by atomic mass is 16.6. The minimum Gasteiger partial charge on any atom is -0.486 e. The van der Waals surface area contributed by atoms with Gasteiger partial charge in [0.15, 0.2) is 11.5 Å². The Kier molecular flexibility index (Phi) is 5.37. The van der Waals surface area contributed by atoms with Crippen molar-refractivity contribution >= 4 is 5.91 Å². The van der Waals surface area contributed by atoms with Crippen LogP contribution in [-0.4, -0.2) is 28.7 Å². The summed E-state index contributed by atoms with van der Waals surface area (Å²) >= 11 is 0. The van der Waals surface area contributed by atoms with E-state index >= 15 is 0 Å². The topological polar surface area (TPSA) is 65.4 Å². The molecule has 2 aromatic carbocycles. The van der Waals surface area contributed by atoms with E-state index in [0.717, 1.165) is 54.9 Å². The number of nitrogens with zero attached hydrogens (tertiary/aromatic N) is 2. The summed E-state index contributed by atoms with van der Waals surface area (Å²) in [6.07, 6.45) is 9.39. The van der Waals surface area contributed by atoms with Crippen molar-refractivity contribution in [1.29, 1.82) is 0 Å². The molecular weight excluding hydrogens is 390 g/mol. The van der Waals surface area contributed by atoms with Crippen molar-refractivity contribution < 1.29 is 14.3 Å². The van der Waals surface area contributed by atoms with E-state index in [1.807, 2.05) is 35.3 Å². The van der Waals surface area contributed by atoms with Gasteiger partial charge in [-0.2, -0.15) is 0 Å². The Morgan fingerprint density at radius 3 is 2.48 bits per heavy atom. The maximum atomic E-state index is 13.4. The van der Waals surface area contributed by atoms with Crippen LogP contribution in [0.3, 0.4) is 0 Å². The van der Waals surface area contributed by atoms with E-state index in [9.17, 15) is 4.79 Å². The predicted molar refractivity (Wildman–Crippen MR) is 117 cm³/mol. The summed E-state index contributed by atoms with van der Waals surface area (Å²) in [6, 6.07) is 14.3. The number of nitrogens with one attached hydrogen (secondary N) is 1. The molecule has 0 saturated heterocycles. The molecule has 1 saturated carbocycles. The van der Waals surface area contributed by atoms with Crippen molar-refractivity contribution in [3.63, 3.8) is 0 Å². The molecule has 6 nitrogen and oxygen atoms in total. The van der Waals surface area contributed by atoms with Crippen LogP contribution in [0.5, 0.6) is 11.5 Å². The molecule has 6 heteroatoms. The highest BCUT2D eigenvalue weighted by Crippen LogP contribution is 2.44. The standard InChI is InChI=1S/C25H27N3O3/c29-24(27-16-19-3-5-20(6-4-19)17-28-12-11-26-18-28)25(9-1-2-10-25)21-7-8-22-23(15-21)31-14-13-30-22/h3-8,11-12,15,18H,1-2,9-10,13-14,16-17H2,(H,27,29). The third kappa shape index (κ3) is 4.02. The van der Waals surface area contributed by atoms with Crippen molar-refractivity contribution in [2.24, 2.45) is 0 Å². The van der Waals surface area contributed by atoms with Crippen molar-refractivity contribution in [3.05, 3.63) is 77.9 Å². The fourth-order valence-corrected chi connectivity index (χ4v) is 4.67. The number of fused-ring (bicyclic) bond motifs is 1. The molecule has 1 amide bonds. The first-order chi connectivity index (χ1) is 15.2. The first-order valence-electron chi connectivity index (χ1n) is 10.9. The highest BCUT2D eigenvalue weighted by Gasteiger charge is 2.43. The Morgan fingerprint density at radius 1 is 1.00 bits per heavy atom. The van der Waals surface area contributed by atoms with Crippen LogP contribution < -0.4 is 14.8 Å². The lowest BCUT2D eigenvalue weighted by atomic mass is 9.77. The average molecular weight is 418 g/mol. The largest absolute Gasteiger partial charge is 0.486 e. The van der Waals surface area contributed by atoms with Gasteiger partial charge in [-0.3, -0.25) is 4.79 Å². The van der Waals surface area contributed by atoms with E-state index in [4.69, 9.17) is 9.47 Å². The van der Waals surface area contributed by atoms with E-state index in [1.54, 1.807) is 6.20 Å². The lowest BCUT2D eigenvalue weighted by molar-refractivity contribution is -0.126. The van der Waals surface area contributed by atoms with E-state index in [0.29, 0.717) is 19.8 Å². The van der Waals surface area contributed by atoms with Gasteiger partial charge in [0.05, 0.1) is 11.7 Å². The lowest BCUT2D eigenvalue weighted by Crippen LogP contribution is -2.42. The Balaban J connectivity index is 1.28. The van der Waals surface area contributed by atoms with Gasteiger partial charge in [-0.15, -0.1) is 0 Å².